The molecule has 9 nitrogen and oxygen atoms in total. The van der Waals surface area contributed by atoms with Gasteiger partial charge in [-0.2, -0.15) is 0 Å². The highest BCUT2D eigenvalue weighted by Crippen LogP contribution is 2.09. The van der Waals surface area contributed by atoms with Gasteiger partial charge in [0.15, 0.2) is 0 Å². The molecule has 1 rings (SSSR count). The Bertz CT molecular complexity index is 543. The van der Waals surface area contributed by atoms with Crippen molar-refractivity contribution < 1.29 is 24.6 Å². The molecule has 0 spiro atoms. The van der Waals surface area contributed by atoms with E-state index in [1.807, 2.05) is 13.8 Å². The second kappa shape index (κ2) is 8.16. The molecule has 0 saturated heterocycles. The minimum atomic E-state index is -1.28. The Balaban J connectivity index is 2.89. The minimum absolute atomic E-state index is 0.0691. The molecule has 0 radical (unpaired) electrons. The van der Waals surface area contributed by atoms with E-state index in [9.17, 15) is 19.5 Å². The van der Waals surface area contributed by atoms with Crippen molar-refractivity contribution in [1.82, 2.24) is 20.2 Å². The highest BCUT2D eigenvalue weighted by molar-refractivity contribution is 5.89. The van der Waals surface area contributed by atoms with Gasteiger partial charge >= 0.3 is 12.1 Å². The molecule has 9 heteroatoms. The van der Waals surface area contributed by atoms with Crippen LogP contribution >= 0.6 is 0 Å². The second-order valence-corrected chi connectivity index (χ2v) is 5.72. The van der Waals surface area contributed by atoms with Gasteiger partial charge in [0.2, 0.25) is 5.91 Å². The predicted molar refractivity (Wildman–Crippen MR) is 80.9 cm³/mol. The number of aliphatic carboxylic acids is 1. The van der Waals surface area contributed by atoms with E-state index in [0.717, 1.165) is 4.90 Å². The van der Waals surface area contributed by atoms with Crippen LogP contribution in [0.15, 0.2) is 12.5 Å². The lowest BCUT2D eigenvalue weighted by molar-refractivity contribution is -0.143. The lowest BCUT2D eigenvalue weighted by Crippen LogP contribution is -2.53. The average molecular weight is 326 g/mol. The highest BCUT2D eigenvalue weighted by Gasteiger charge is 2.31. The summed E-state index contributed by atoms with van der Waals surface area (Å²) < 4.78 is 0. The fourth-order valence-corrected chi connectivity index (χ4v) is 2.10. The van der Waals surface area contributed by atoms with Crippen LogP contribution in [0.4, 0.5) is 4.79 Å². The van der Waals surface area contributed by atoms with Crippen molar-refractivity contribution in [3.63, 3.8) is 0 Å². The van der Waals surface area contributed by atoms with Gasteiger partial charge in [-0.05, 0) is 12.3 Å². The second-order valence-electron chi connectivity index (χ2n) is 5.72. The van der Waals surface area contributed by atoms with Crippen molar-refractivity contribution in [2.45, 2.75) is 38.8 Å². The van der Waals surface area contributed by atoms with Crippen LogP contribution in [-0.2, 0) is 16.0 Å². The van der Waals surface area contributed by atoms with Gasteiger partial charge in [-0.25, -0.2) is 14.6 Å². The maximum atomic E-state index is 12.4. The third-order valence-electron chi connectivity index (χ3n) is 3.36. The minimum Gasteiger partial charge on any atom is -0.480 e. The first kappa shape index (κ1) is 18.5. The van der Waals surface area contributed by atoms with Crippen LogP contribution in [0.5, 0.6) is 0 Å². The molecule has 0 aliphatic rings. The number of nitrogens with zero attached hydrogens (tertiary/aromatic N) is 2. The van der Waals surface area contributed by atoms with Crippen molar-refractivity contribution >= 4 is 18.0 Å². The van der Waals surface area contributed by atoms with E-state index in [-0.39, 0.29) is 18.8 Å². The normalized spacial score (nSPS) is 13.4. The zero-order valence-electron chi connectivity index (χ0n) is 13.3. The monoisotopic (exact) mass is 326 g/mol. The summed E-state index contributed by atoms with van der Waals surface area (Å²) in [5.74, 6) is -1.73. The Morgan fingerprint density at radius 2 is 2.00 bits per heavy atom. The Morgan fingerprint density at radius 3 is 2.43 bits per heavy atom. The van der Waals surface area contributed by atoms with Gasteiger partial charge in [0.05, 0.1) is 6.33 Å². The Hall–Kier alpha value is -2.58. The molecule has 0 bridgehead atoms. The summed E-state index contributed by atoms with van der Waals surface area (Å²) in [6.45, 7) is 3.68. The molecule has 23 heavy (non-hydrogen) atoms. The van der Waals surface area contributed by atoms with Crippen LogP contribution in [0.25, 0.3) is 0 Å². The van der Waals surface area contributed by atoms with Crippen LogP contribution in [0.1, 0.15) is 26.0 Å². The molecular formula is C14H22N4O5. The number of hydrogen-bond acceptors (Lipinski definition) is 4. The highest BCUT2D eigenvalue weighted by atomic mass is 16.4. The number of rotatable bonds is 8. The molecule has 0 aliphatic heterocycles. The summed E-state index contributed by atoms with van der Waals surface area (Å²) in [7, 11) is 1.27. The quantitative estimate of drug-likeness (QED) is 0.551. The summed E-state index contributed by atoms with van der Waals surface area (Å²) in [6.07, 6.45) is 1.96. The molecule has 0 unspecified atom stereocenters. The fourth-order valence-electron chi connectivity index (χ4n) is 2.10. The molecule has 2 atom stereocenters. The van der Waals surface area contributed by atoms with Crippen LogP contribution in [0.2, 0.25) is 0 Å². The number of hydrogen-bond donors (Lipinski definition) is 4. The molecule has 1 aromatic rings. The van der Waals surface area contributed by atoms with E-state index in [1.165, 1.54) is 19.6 Å². The number of aromatic amines is 1. The SMILES string of the molecule is CC(C)C[C@H](NC(=O)[C@@H](Cc1cnc[nH]1)N(C)C(=O)O)C(=O)O. The van der Waals surface area contributed by atoms with Gasteiger partial charge in [0.25, 0.3) is 0 Å². The number of nitrogens with one attached hydrogen (secondary N) is 2. The summed E-state index contributed by atoms with van der Waals surface area (Å²) >= 11 is 0. The first-order valence-electron chi connectivity index (χ1n) is 7.18. The van der Waals surface area contributed by atoms with E-state index >= 15 is 0 Å². The van der Waals surface area contributed by atoms with Gasteiger partial charge in [-0.1, -0.05) is 13.8 Å². The number of carbonyl (C=O) groups excluding carboxylic acids is 1. The number of aromatic nitrogens is 2. The number of amides is 2. The molecule has 128 valence electrons. The van der Waals surface area contributed by atoms with E-state index in [1.54, 1.807) is 0 Å². The van der Waals surface area contributed by atoms with E-state index in [4.69, 9.17) is 5.11 Å². The summed E-state index contributed by atoms with van der Waals surface area (Å²) in [5, 5.41) is 20.7. The number of H-pyrrole nitrogens is 1. The van der Waals surface area contributed by atoms with E-state index in [2.05, 4.69) is 15.3 Å². The Kier molecular flexibility index (Phi) is 6.55. The number of likely N-dealkylation sites (N-methyl/N-ethyl adjacent to an activating group) is 1. The molecule has 4 N–H and O–H groups in total. The first-order valence-corrected chi connectivity index (χ1v) is 7.18. The van der Waals surface area contributed by atoms with Crippen molar-refractivity contribution in [2.75, 3.05) is 7.05 Å². The summed E-state index contributed by atoms with van der Waals surface area (Å²) in [6, 6.07) is -2.11. The van der Waals surface area contributed by atoms with Crippen LogP contribution in [0, 0.1) is 5.92 Å². The number of imidazole rings is 1. The van der Waals surface area contributed by atoms with Crippen molar-refractivity contribution in [3.05, 3.63) is 18.2 Å². The van der Waals surface area contributed by atoms with Gasteiger partial charge in [-0.15, -0.1) is 0 Å². The zero-order valence-corrected chi connectivity index (χ0v) is 13.3. The molecule has 0 aliphatic carbocycles. The first-order chi connectivity index (χ1) is 10.7. The number of carboxylic acids is 1. The van der Waals surface area contributed by atoms with Crippen LogP contribution < -0.4 is 5.32 Å². The molecule has 2 amide bonds. The maximum absolute atomic E-state index is 12.4. The molecule has 0 saturated carbocycles. The van der Waals surface area contributed by atoms with E-state index in [0.29, 0.717) is 5.69 Å². The standard InChI is InChI=1S/C14H22N4O5/c1-8(2)4-10(13(20)21)17-12(19)11(18(3)14(22)23)5-9-6-15-7-16-9/h6-8,10-11H,4-5H2,1-3H3,(H,15,16)(H,17,19)(H,20,21)(H,22,23)/t10-,11+/m0/s1. The van der Waals surface area contributed by atoms with Gasteiger partial charge in [-0.3, -0.25) is 9.69 Å². The van der Waals surface area contributed by atoms with Crippen LogP contribution in [-0.4, -0.2) is 62.2 Å². The third-order valence-corrected chi connectivity index (χ3v) is 3.36. The molecule has 0 fully saturated rings. The van der Waals surface area contributed by atoms with E-state index < -0.39 is 30.1 Å². The molecule has 1 heterocycles. The largest absolute Gasteiger partial charge is 0.480 e. The zero-order chi connectivity index (χ0) is 17.6. The topological polar surface area (TPSA) is 136 Å². The fraction of sp³-hybridized carbons (Fsp3) is 0.571. The lowest BCUT2D eigenvalue weighted by atomic mass is 10.0. The van der Waals surface area contributed by atoms with Gasteiger partial charge in [0.1, 0.15) is 12.1 Å². The van der Waals surface area contributed by atoms with Gasteiger partial charge < -0.3 is 20.5 Å². The average Bonchev–Trinajstić information content (AvgIpc) is 2.95. The van der Waals surface area contributed by atoms with Gasteiger partial charge in [0, 0.05) is 25.4 Å². The van der Waals surface area contributed by atoms with Crippen molar-refractivity contribution in [2.24, 2.45) is 5.92 Å². The predicted octanol–water partition coefficient (Wildman–Crippen LogP) is 0.546. The Labute approximate surface area is 133 Å². The number of carboxylic acid groups (broad SMARTS) is 2. The lowest BCUT2D eigenvalue weighted by Gasteiger charge is -2.26. The van der Waals surface area contributed by atoms with Crippen LogP contribution in [0.3, 0.4) is 0 Å². The Morgan fingerprint density at radius 1 is 1.35 bits per heavy atom. The summed E-state index contributed by atoms with van der Waals surface area (Å²) in [5.41, 5.74) is 0.578. The molecule has 0 aromatic carbocycles. The maximum Gasteiger partial charge on any atom is 0.407 e. The number of carbonyl (C=O) groups is 3. The molecular weight excluding hydrogens is 304 g/mol. The summed E-state index contributed by atoms with van der Waals surface area (Å²) in [4.78, 5) is 42.3. The third kappa shape index (κ3) is 5.61. The molecule has 1 aromatic heterocycles. The van der Waals surface area contributed by atoms with Crippen molar-refractivity contribution in [1.29, 1.82) is 0 Å². The smallest absolute Gasteiger partial charge is 0.407 e. The van der Waals surface area contributed by atoms with Crippen molar-refractivity contribution in [3.8, 4) is 0 Å².